The van der Waals surface area contributed by atoms with Crippen molar-refractivity contribution in [2.24, 2.45) is 0 Å². The topological polar surface area (TPSA) is 12.0 Å². The summed E-state index contributed by atoms with van der Waals surface area (Å²) >= 11 is 7.47. The van der Waals surface area contributed by atoms with Crippen LogP contribution in [0.4, 0.5) is 4.39 Å². The third-order valence-corrected chi connectivity index (χ3v) is 3.96. The SMILES string of the molecule is CNC(Cc1cccc(F)c1)c1ccc(Cl)s1. The van der Waals surface area contributed by atoms with E-state index >= 15 is 0 Å². The minimum atomic E-state index is -0.193. The van der Waals surface area contributed by atoms with Crippen LogP contribution in [0.1, 0.15) is 16.5 Å². The van der Waals surface area contributed by atoms with Gasteiger partial charge in [-0.1, -0.05) is 23.7 Å². The number of rotatable bonds is 4. The Hall–Kier alpha value is -0.900. The van der Waals surface area contributed by atoms with Crippen molar-refractivity contribution >= 4 is 22.9 Å². The number of hydrogen-bond donors (Lipinski definition) is 1. The summed E-state index contributed by atoms with van der Waals surface area (Å²) in [7, 11) is 1.90. The number of likely N-dealkylation sites (N-methyl/N-ethyl adjacent to an activating group) is 1. The van der Waals surface area contributed by atoms with E-state index in [-0.39, 0.29) is 11.9 Å². The predicted octanol–water partition coefficient (Wildman–Crippen LogP) is 4.04. The molecule has 1 heterocycles. The van der Waals surface area contributed by atoms with Gasteiger partial charge in [0.1, 0.15) is 5.82 Å². The highest BCUT2D eigenvalue weighted by atomic mass is 35.5. The zero-order valence-corrected chi connectivity index (χ0v) is 11.0. The van der Waals surface area contributed by atoms with E-state index in [1.54, 1.807) is 23.5 Å². The molecule has 2 rings (SSSR count). The van der Waals surface area contributed by atoms with E-state index < -0.39 is 0 Å². The van der Waals surface area contributed by atoms with Gasteiger partial charge in [-0.3, -0.25) is 0 Å². The standard InChI is InChI=1S/C13H13ClFNS/c1-16-11(12-5-6-13(14)17-12)8-9-3-2-4-10(15)7-9/h2-7,11,16H,8H2,1H3. The van der Waals surface area contributed by atoms with Crippen molar-refractivity contribution < 1.29 is 4.39 Å². The first kappa shape index (κ1) is 12.6. The van der Waals surface area contributed by atoms with Crippen LogP contribution in [0.25, 0.3) is 0 Å². The van der Waals surface area contributed by atoms with E-state index in [9.17, 15) is 4.39 Å². The number of hydrogen-bond acceptors (Lipinski definition) is 2. The summed E-state index contributed by atoms with van der Waals surface area (Å²) in [6.07, 6.45) is 0.755. The largest absolute Gasteiger partial charge is 0.312 e. The van der Waals surface area contributed by atoms with Crippen molar-refractivity contribution in [1.29, 1.82) is 0 Å². The fourth-order valence-electron chi connectivity index (χ4n) is 1.76. The average Bonchev–Trinajstić information content (AvgIpc) is 2.73. The van der Waals surface area contributed by atoms with Gasteiger partial charge >= 0.3 is 0 Å². The Morgan fingerprint density at radius 1 is 1.35 bits per heavy atom. The second-order valence-electron chi connectivity index (χ2n) is 3.82. The van der Waals surface area contributed by atoms with Gasteiger partial charge in [0.05, 0.1) is 4.34 Å². The molecule has 0 fully saturated rings. The van der Waals surface area contributed by atoms with E-state index in [1.165, 1.54) is 10.9 Å². The molecule has 1 N–H and O–H groups in total. The number of thiophene rings is 1. The van der Waals surface area contributed by atoms with Crippen LogP contribution < -0.4 is 5.32 Å². The Kier molecular flexibility index (Phi) is 4.15. The zero-order chi connectivity index (χ0) is 12.3. The molecule has 1 nitrogen and oxygen atoms in total. The third-order valence-electron chi connectivity index (χ3n) is 2.61. The van der Waals surface area contributed by atoms with Crippen LogP contribution in [-0.4, -0.2) is 7.05 Å². The highest BCUT2D eigenvalue weighted by molar-refractivity contribution is 7.16. The van der Waals surface area contributed by atoms with Crippen molar-refractivity contribution in [3.05, 3.63) is 57.0 Å². The molecule has 0 saturated heterocycles. The van der Waals surface area contributed by atoms with E-state index in [0.29, 0.717) is 0 Å². The average molecular weight is 270 g/mol. The van der Waals surface area contributed by atoms with Gasteiger partial charge < -0.3 is 5.32 Å². The molecule has 4 heteroatoms. The molecule has 1 aromatic heterocycles. The van der Waals surface area contributed by atoms with Gasteiger partial charge in [-0.05, 0) is 43.3 Å². The van der Waals surface area contributed by atoms with Crippen molar-refractivity contribution in [2.45, 2.75) is 12.5 Å². The number of halogens is 2. The molecule has 0 bridgehead atoms. The summed E-state index contributed by atoms with van der Waals surface area (Å²) < 4.78 is 13.9. The maximum absolute atomic E-state index is 13.1. The second kappa shape index (κ2) is 5.63. The van der Waals surface area contributed by atoms with Crippen LogP contribution >= 0.6 is 22.9 Å². The summed E-state index contributed by atoms with van der Waals surface area (Å²) in [6.45, 7) is 0. The molecule has 1 atom stereocenters. The lowest BCUT2D eigenvalue weighted by molar-refractivity contribution is 0.592. The van der Waals surface area contributed by atoms with Gasteiger partial charge in [0.15, 0.2) is 0 Å². The van der Waals surface area contributed by atoms with Crippen LogP contribution in [0.5, 0.6) is 0 Å². The Bertz CT molecular complexity index is 498. The highest BCUT2D eigenvalue weighted by Crippen LogP contribution is 2.28. The molecule has 90 valence electrons. The predicted molar refractivity (Wildman–Crippen MR) is 71.2 cm³/mol. The monoisotopic (exact) mass is 269 g/mol. The van der Waals surface area contributed by atoms with Crippen molar-refractivity contribution in [3.63, 3.8) is 0 Å². The van der Waals surface area contributed by atoms with E-state index in [0.717, 1.165) is 16.3 Å². The summed E-state index contributed by atoms with van der Waals surface area (Å²) in [5, 5.41) is 3.23. The molecule has 2 aromatic rings. The van der Waals surface area contributed by atoms with E-state index in [2.05, 4.69) is 5.32 Å². The van der Waals surface area contributed by atoms with Crippen molar-refractivity contribution in [1.82, 2.24) is 5.32 Å². The number of nitrogens with one attached hydrogen (secondary N) is 1. The molecule has 1 unspecified atom stereocenters. The van der Waals surface area contributed by atoms with Crippen LogP contribution in [0.15, 0.2) is 36.4 Å². The summed E-state index contributed by atoms with van der Waals surface area (Å²) in [4.78, 5) is 1.17. The van der Waals surface area contributed by atoms with Crippen LogP contribution in [-0.2, 0) is 6.42 Å². The summed E-state index contributed by atoms with van der Waals surface area (Å²) in [5.74, 6) is -0.193. The summed E-state index contributed by atoms with van der Waals surface area (Å²) in [6, 6.07) is 10.8. The fourth-order valence-corrected chi connectivity index (χ4v) is 2.93. The molecular weight excluding hydrogens is 257 g/mol. The summed E-state index contributed by atoms with van der Waals surface area (Å²) in [5.41, 5.74) is 0.980. The zero-order valence-electron chi connectivity index (χ0n) is 9.41. The van der Waals surface area contributed by atoms with E-state index in [1.807, 2.05) is 25.2 Å². The Labute approximate surface area is 109 Å². The molecular formula is C13H13ClFNS. The van der Waals surface area contributed by atoms with Gasteiger partial charge in [-0.25, -0.2) is 4.39 Å². The van der Waals surface area contributed by atoms with Crippen LogP contribution in [0.2, 0.25) is 4.34 Å². The quantitative estimate of drug-likeness (QED) is 0.883. The minimum Gasteiger partial charge on any atom is -0.312 e. The molecule has 0 spiro atoms. The molecule has 0 saturated carbocycles. The minimum absolute atomic E-state index is 0.175. The first-order valence-electron chi connectivity index (χ1n) is 5.36. The molecule has 0 radical (unpaired) electrons. The first-order valence-corrected chi connectivity index (χ1v) is 6.55. The maximum Gasteiger partial charge on any atom is 0.123 e. The normalized spacial score (nSPS) is 12.6. The van der Waals surface area contributed by atoms with Gasteiger partial charge in [-0.2, -0.15) is 0 Å². The molecule has 0 aliphatic rings. The van der Waals surface area contributed by atoms with Crippen molar-refractivity contribution in [3.8, 4) is 0 Å². The molecule has 1 aromatic carbocycles. The van der Waals surface area contributed by atoms with Crippen LogP contribution in [0, 0.1) is 5.82 Å². The van der Waals surface area contributed by atoms with Crippen LogP contribution in [0.3, 0.4) is 0 Å². The smallest absolute Gasteiger partial charge is 0.123 e. The van der Waals surface area contributed by atoms with E-state index in [4.69, 9.17) is 11.6 Å². The Morgan fingerprint density at radius 3 is 2.76 bits per heavy atom. The molecule has 0 aliphatic heterocycles. The Balaban J connectivity index is 2.15. The maximum atomic E-state index is 13.1. The third kappa shape index (κ3) is 3.28. The fraction of sp³-hybridized carbons (Fsp3) is 0.231. The second-order valence-corrected chi connectivity index (χ2v) is 5.56. The molecule has 0 amide bonds. The molecule has 17 heavy (non-hydrogen) atoms. The first-order chi connectivity index (χ1) is 8.19. The number of benzene rings is 1. The Morgan fingerprint density at radius 2 is 2.18 bits per heavy atom. The van der Waals surface area contributed by atoms with Crippen molar-refractivity contribution in [2.75, 3.05) is 7.05 Å². The van der Waals surface area contributed by atoms with Gasteiger partial charge in [0.25, 0.3) is 0 Å². The van der Waals surface area contributed by atoms with Gasteiger partial charge in [0.2, 0.25) is 0 Å². The lowest BCUT2D eigenvalue weighted by Gasteiger charge is -2.14. The lowest BCUT2D eigenvalue weighted by atomic mass is 10.0. The highest BCUT2D eigenvalue weighted by Gasteiger charge is 2.12. The van der Waals surface area contributed by atoms with Gasteiger partial charge in [0, 0.05) is 10.9 Å². The lowest BCUT2D eigenvalue weighted by Crippen LogP contribution is -2.17. The molecule has 0 aliphatic carbocycles. The van der Waals surface area contributed by atoms with Gasteiger partial charge in [-0.15, -0.1) is 11.3 Å².